The van der Waals surface area contributed by atoms with Gasteiger partial charge in [-0.3, -0.25) is 57.9 Å². The summed E-state index contributed by atoms with van der Waals surface area (Å²) in [7, 11) is 0. The number of unbranched alkanes of at least 4 members (excludes halogenated alkanes) is 7. The van der Waals surface area contributed by atoms with E-state index in [1.807, 2.05) is 145 Å². The molecule has 0 amide bonds. The minimum atomic E-state index is 0. The first kappa shape index (κ1) is 123. The van der Waals surface area contributed by atoms with Crippen molar-refractivity contribution in [3.05, 3.63) is 37.2 Å². The molecule has 0 aromatic carbocycles. The minimum absolute atomic E-state index is 0. The number of nitrogens with two attached hydrogens (primary N) is 10. The van der Waals surface area contributed by atoms with Crippen molar-refractivity contribution in [2.24, 2.45) is 127 Å². The molecule has 0 bridgehead atoms. The Morgan fingerprint density at radius 2 is 0.547 bits per heavy atom. The van der Waals surface area contributed by atoms with E-state index in [1.165, 1.54) is 12.8 Å². The minimum Gasteiger partial charge on any atom is -0.386 e. The Morgan fingerprint density at radius 3 is 0.811 bits per heavy atom. The van der Waals surface area contributed by atoms with E-state index in [0.29, 0.717) is 129 Å². The van der Waals surface area contributed by atoms with Gasteiger partial charge >= 0.3 is 0 Å². The number of carbonyl (C=O) groups excluding carboxylic acids is 10. The summed E-state index contributed by atoms with van der Waals surface area (Å²) in [5.41, 5.74) is 51.9. The summed E-state index contributed by atoms with van der Waals surface area (Å²) >= 11 is 0. The van der Waals surface area contributed by atoms with Gasteiger partial charge in [-0.15, -0.1) is 0 Å². The highest BCUT2D eigenvalue weighted by Gasteiger charge is 2.11. The van der Waals surface area contributed by atoms with Gasteiger partial charge in [0, 0.05) is 143 Å². The number of aliphatic imine (C=N–C) groups is 2. The van der Waals surface area contributed by atoms with Crippen LogP contribution in [0.1, 0.15) is 301 Å². The van der Waals surface area contributed by atoms with E-state index < -0.39 is 0 Å². The van der Waals surface area contributed by atoms with E-state index in [1.54, 1.807) is 0 Å². The summed E-state index contributed by atoms with van der Waals surface area (Å²) in [5.74, 6) is 6.10. The van der Waals surface area contributed by atoms with Crippen LogP contribution in [0.5, 0.6) is 0 Å². The second-order valence-corrected chi connectivity index (χ2v) is 28.6. The fraction of sp³-hybridized carbons (Fsp3) is 0.778. The number of guanidine groups is 2. The summed E-state index contributed by atoms with van der Waals surface area (Å²) < 4.78 is 0. The lowest BCUT2D eigenvalue weighted by Gasteiger charge is -2.05. The molecule has 0 aliphatic carbocycles. The third-order valence-electron chi connectivity index (χ3n) is 14.6. The Labute approximate surface area is 647 Å². The highest BCUT2D eigenvalue weighted by Crippen LogP contribution is 2.09. The summed E-state index contributed by atoms with van der Waals surface area (Å²) in [6.45, 7) is 57.5. The Balaban J connectivity index is -0.000000106. The largest absolute Gasteiger partial charge is 0.386 e. The molecule has 0 rings (SSSR count). The fourth-order valence-electron chi connectivity index (χ4n) is 6.99. The van der Waals surface area contributed by atoms with Gasteiger partial charge < -0.3 is 73.3 Å². The molecule has 25 heteroatoms. The van der Waals surface area contributed by atoms with E-state index in [9.17, 15) is 47.9 Å². The van der Waals surface area contributed by atoms with Gasteiger partial charge in [0.2, 0.25) is 0 Å². The van der Waals surface area contributed by atoms with Crippen LogP contribution in [0.2, 0.25) is 0 Å². The van der Waals surface area contributed by atoms with Gasteiger partial charge in [-0.2, -0.15) is 0 Å². The molecular weight excluding hydrogens is 1340 g/mol. The van der Waals surface area contributed by atoms with Crippen molar-refractivity contribution in [1.29, 1.82) is 0 Å². The van der Waals surface area contributed by atoms with Crippen molar-refractivity contribution < 1.29 is 47.9 Å². The van der Waals surface area contributed by atoms with Crippen molar-refractivity contribution in [3.63, 3.8) is 0 Å². The molecule has 0 aliphatic rings. The lowest BCUT2D eigenvalue weighted by Crippen LogP contribution is -2.28. The second kappa shape index (κ2) is 87.1. The molecular formula is C81H169N15O10. The summed E-state index contributed by atoms with van der Waals surface area (Å²) in [6, 6.07) is 0. The van der Waals surface area contributed by atoms with Crippen LogP contribution in [-0.2, 0) is 47.9 Å². The van der Waals surface area contributed by atoms with Gasteiger partial charge in [0.25, 0.3) is 0 Å². The molecule has 0 unspecified atom stereocenters. The predicted molar refractivity (Wildman–Crippen MR) is 451 cm³/mol. The molecule has 0 saturated heterocycles. The quantitative estimate of drug-likeness (QED) is 0.0153. The van der Waals surface area contributed by atoms with Crippen LogP contribution in [0, 0.1) is 59.2 Å². The van der Waals surface area contributed by atoms with Crippen molar-refractivity contribution in [2.45, 2.75) is 301 Å². The Morgan fingerprint density at radius 1 is 0.283 bits per heavy atom. The van der Waals surface area contributed by atoms with Crippen LogP contribution < -0.4 is 73.3 Å². The number of carbonyl (C=O) groups is 10. The standard InChI is InChI=1S/C11H22N2O.C9H19N3O.C9H18N2O.C9H19NO.C9H18O.C7H15N3O.C7H14N2O.C7H15NO.C6H13NO.C6H12O.CH4/c1-9(2)11(14)7-5-4-6-8-13-10(3)12;1-7(2)8(13)5-3-4-6-12-9(10)11;1-7(2)9(12)5-4-6-11-8(3)10;1-8(2)9(11)6-4-3-5-7-10;1-4-5-6-7-9(10)8(2)3;1-5(2)6(11)3-4-10-7(8)9;1-5(2)7(10)4-9-6(3)8;1-6(2)7(9)4-3-5-8;1-5(2)6(8)3-4-7;1-4-6(7)5(2)3;/h9,13H,3-8,12H2,1-2H3;7H,3-6H2,1-2H3,(H4,10,11,12);7,11H,3-6,10H2,1-2H3;8H,3-7,10H2,1-2H3;8H,4-7H2,1-3H3;5H,3-4H2,1-2H3,(H4,8,9,10);5,9H,3-4,8H2,1-2H3;6H,3-5,8H2,1-2H3;5H,3-4,7H2,1-2H3;5H,4H2,1-3H3;1H4. The highest BCUT2D eigenvalue weighted by atomic mass is 16.2. The highest BCUT2D eigenvalue weighted by molar-refractivity contribution is 5.84. The summed E-state index contributed by atoms with van der Waals surface area (Å²) in [5, 5.41) is 8.49. The zero-order valence-corrected chi connectivity index (χ0v) is 70.9. The first-order chi connectivity index (χ1) is 48.6. The van der Waals surface area contributed by atoms with Crippen LogP contribution in [0.3, 0.4) is 0 Å². The second-order valence-electron chi connectivity index (χ2n) is 28.6. The molecule has 0 aromatic rings. The van der Waals surface area contributed by atoms with E-state index in [2.05, 4.69) is 52.6 Å². The summed E-state index contributed by atoms with van der Waals surface area (Å²) in [4.78, 5) is 117. The average Bonchev–Trinajstić information content (AvgIpc) is 1.21. The maximum Gasteiger partial charge on any atom is 0.185 e. The molecule has 0 saturated carbocycles. The SMILES string of the molecule is C.C=C(N)NCC(=O)C(C)C.C=C(N)NCCCC(=O)C(C)C.C=C(N)NCCCCCC(=O)C(C)C.CC(C)C(=O)CCCCCN.CC(C)C(=O)CCCCN=C(N)N.CC(C)C(=O)CCCN.CC(C)C(=O)CCN.CC(C)C(=O)CCN=C(N)N.CCC(=O)C(C)C.CCCCCC(=O)C(C)C. The average molecular weight is 1510 g/mol. The molecule has 0 spiro atoms. The van der Waals surface area contributed by atoms with Gasteiger partial charge in [-0.25, -0.2) is 0 Å². The van der Waals surface area contributed by atoms with Crippen molar-refractivity contribution in [3.8, 4) is 0 Å². The number of nitrogens with zero attached hydrogens (tertiary/aromatic N) is 2. The molecule has 25 nitrogen and oxygen atoms in total. The first-order valence-electron chi connectivity index (χ1n) is 38.6. The normalized spacial score (nSPS) is 9.95. The molecule has 106 heavy (non-hydrogen) atoms. The maximum atomic E-state index is 11.2. The lowest BCUT2D eigenvalue weighted by atomic mass is 10.0. The number of rotatable bonds is 48. The van der Waals surface area contributed by atoms with Gasteiger partial charge in [0.15, 0.2) is 17.7 Å². The zero-order valence-electron chi connectivity index (χ0n) is 70.9. The van der Waals surface area contributed by atoms with E-state index in [4.69, 9.17) is 57.3 Å². The molecule has 0 heterocycles. The molecule has 628 valence electrons. The van der Waals surface area contributed by atoms with Crippen LogP contribution in [0.25, 0.3) is 0 Å². The number of nitrogens with one attached hydrogen (secondary N) is 3. The number of hydrogen-bond donors (Lipinski definition) is 13. The molecule has 23 N–H and O–H groups in total. The Bertz CT molecular complexity index is 2310. The topological polar surface area (TPSA) is 492 Å². The molecule has 0 aliphatic heterocycles. The molecule has 0 fully saturated rings. The van der Waals surface area contributed by atoms with Crippen LogP contribution in [-0.4, -0.2) is 122 Å². The summed E-state index contributed by atoms with van der Waals surface area (Å²) in [6.07, 6.45) is 18.9. The Hall–Kier alpha value is -6.86. The molecule has 0 radical (unpaired) electrons. The smallest absolute Gasteiger partial charge is 0.185 e. The third kappa shape index (κ3) is 116. The zero-order chi connectivity index (χ0) is 84.2. The van der Waals surface area contributed by atoms with Gasteiger partial charge in [0.1, 0.15) is 52.0 Å². The molecule has 0 aromatic heterocycles. The van der Waals surface area contributed by atoms with Gasteiger partial charge in [-0.1, -0.05) is 205 Å². The maximum absolute atomic E-state index is 11.2. The van der Waals surface area contributed by atoms with Crippen molar-refractivity contribution >= 4 is 69.8 Å². The predicted octanol–water partition coefficient (Wildman–Crippen LogP) is 11.9. The van der Waals surface area contributed by atoms with Crippen molar-refractivity contribution in [1.82, 2.24) is 16.0 Å². The number of ketones is 10. The number of Topliss-reactive ketones (excluding diaryl/α,β-unsaturated/α-hetero) is 10. The third-order valence-corrected chi connectivity index (χ3v) is 14.6. The van der Waals surface area contributed by atoms with E-state index in [-0.39, 0.29) is 102 Å². The molecule has 0 atom stereocenters. The van der Waals surface area contributed by atoms with Gasteiger partial charge in [0.05, 0.1) is 24.0 Å². The lowest BCUT2D eigenvalue weighted by molar-refractivity contribution is -0.122. The van der Waals surface area contributed by atoms with Crippen LogP contribution in [0.15, 0.2) is 47.2 Å². The number of hydrogen-bond acceptors (Lipinski definition) is 21. The van der Waals surface area contributed by atoms with E-state index in [0.717, 1.165) is 103 Å². The van der Waals surface area contributed by atoms with Gasteiger partial charge in [-0.05, 0) is 77.4 Å². The monoisotopic (exact) mass is 1510 g/mol. The van der Waals surface area contributed by atoms with Crippen molar-refractivity contribution in [2.75, 3.05) is 52.4 Å². The van der Waals surface area contributed by atoms with Crippen LogP contribution >= 0.6 is 0 Å². The first-order valence-corrected chi connectivity index (χ1v) is 38.6. The fourth-order valence-corrected chi connectivity index (χ4v) is 6.99. The van der Waals surface area contributed by atoms with E-state index >= 15 is 0 Å². The van der Waals surface area contributed by atoms with Crippen LogP contribution in [0.4, 0.5) is 0 Å². The Kier molecular flexibility index (Phi) is 101.